The molecule has 1 heterocycles. The highest BCUT2D eigenvalue weighted by molar-refractivity contribution is 5.97. The first-order valence-corrected chi connectivity index (χ1v) is 8.94. The number of rotatable bonds is 6. The lowest BCUT2D eigenvalue weighted by atomic mass is 9.99. The summed E-state index contributed by atoms with van der Waals surface area (Å²) >= 11 is 0. The maximum atomic E-state index is 12.4. The first-order chi connectivity index (χ1) is 12.5. The van der Waals surface area contributed by atoms with Gasteiger partial charge in [0.1, 0.15) is 11.6 Å². The Morgan fingerprint density at radius 3 is 2.54 bits per heavy atom. The van der Waals surface area contributed by atoms with Crippen LogP contribution in [0.25, 0.3) is 0 Å². The Morgan fingerprint density at radius 2 is 1.96 bits per heavy atom. The minimum atomic E-state index is -0.347. The molecule has 2 rings (SSSR count). The molecular formula is C20H25N3O3. The van der Waals surface area contributed by atoms with Gasteiger partial charge in [-0.05, 0) is 43.4 Å². The van der Waals surface area contributed by atoms with Crippen molar-refractivity contribution in [3.63, 3.8) is 0 Å². The fourth-order valence-corrected chi connectivity index (χ4v) is 2.77. The quantitative estimate of drug-likeness (QED) is 0.482. The van der Waals surface area contributed by atoms with Gasteiger partial charge in [0.15, 0.2) is 0 Å². The van der Waals surface area contributed by atoms with Gasteiger partial charge in [0, 0.05) is 25.8 Å². The number of carbonyl (C=O) groups excluding carboxylic acids is 2. The summed E-state index contributed by atoms with van der Waals surface area (Å²) in [5.74, 6) is 0.0638. The number of benzene rings is 1. The Balaban J connectivity index is 1.90. The molecule has 0 aromatic heterocycles. The number of piperidine rings is 1. The van der Waals surface area contributed by atoms with E-state index in [-0.39, 0.29) is 17.4 Å². The first-order valence-electron chi connectivity index (χ1n) is 8.94. The molecule has 1 aliphatic rings. The van der Waals surface area contributed by atoms with Gasteiger partial charge in [-0.1, -0.05) is 19.1 Å². The second-order valence-corrected chi connectivity index (χ2v) is 6.44. The van der Waals surface area contributed by atoms with Crippen LogP contribution in [0.1, 0.15) is 42.6 Å². The lowest BCUT2D eigenvalue weighted by Gasteiger charge is -2.30. The molecule has 0 atom stereocenters. The molecule has 0 aliphatic carbocycles. The molecule has 1 aromatic rings. The largest absolute Gasteiger partial charge is 0.462 e. The normalized spacial score (nSPS) is 15.3. The highest BCUT2D eigenvalue weighted by atomic mass is 16.5. The van der Waals surface area contributed by atoms with E-state index in [4.69, 9.17) is 4.74 Å². The fourth-order valence-electron chi connectivity index (χ4n) is 2.77. The van der Waals surface area contributed by atoms with E-state index in [1.165, 1.54) is 6.20 Å². The van der Waals surface area contributed by atoms with E-state index in [1.54, 1.807) is 24.0 Å². The molecule has 0 unspecified atom stereocenters. The van der Waals surface area contributed by atoms with Crippen LogP contribution < -0.4 is 5.32 Å². The van der Waals surface area contributed by atoms with Crippen LogP contribution in [0.4, 0.5) is 0 Å². The van der Waals surface area contributed by atoms with Crippen LogP contribution in [0.2, 0.25) is 0 Å². The third-order valence-electron chi connectivity index (χ3n) is 4.44. The van der Waals surface area contributed by atoms with Gasteiger partial charge < -0.3 is 15.0 Å². The Morgan fingerprint density at radius 1 is 1.31 bits per heavy atom. The zero-order valence-corrected chi connectivity index (χ0v) is 15.3. The highest BCUT2D eigenvalue weighted by Crippen LogP contribution is 2.17. The molecule has 0 radical (unpaired) electrons. The third kappa shape index (κ3) is 5.35. The number of esters is 1. The SMILES string of the molecule is CCOC(=O)c1ccc(CN/C=C(/C#N)C(=O)N2CCC(C)CC2)cc1. The molecule has 6 nitrogen and oxygen atoms in total. The highest BCUT2D eigenvalue weighted by Gasteiger charge is 2.22. The zero-order valence-electron chi connectivity index (χ0n) is 15.3. The molecule has 0 saturated carbocycles. The maximum Gasteiger partial charge on any atom is 0.338 e. The summed E-state index contributed by atoms with van der Waals surface area (Å²) in [5, 5.41) is 12.3. The molecule has 1 aromatic carbocycles. The van der Waals surface area contributed by atoms with Gasteiger partial charge in [-0.2, -0.15) is 5.26 Å². The van der Waals surface area contributed by atoms with E-state index >= 15 is 0 Å². The van der Waals surface area contributed by atoms with Crippen molar-refractivity contribution in [3.05, 3.63) is 47.2 Å². The molecule has 1 aliphatic heterocycles. The average Bonchev–Trinajstić information content (AvgIpc) is 2.66. The number of nitrogens with one attached hydrogen (secondary N) is 1. The van der Waals surface area contributed by atoms with Crippen molar-refractivity contribution in [2.75, 3.05) is 19.7 Å². The van der Waals surface area contributed by atoms with Crippen molar-refractivity contribution in [3.8, 4) is 6.07 Å². The minimum absolute atomic E-state index is 0.114. The summed E-state index contributed by atoms with van der Waals surface area (Å²) in [4.78, 5) is 25.8. The Labute approximate surface area is 154 Å². The van der Waals surface area contributed by atoms with E-state index in [0.717, 1.165) is 18.4 Å². The number of nitriles is 1. The monoisotopic (exact) mass is 355 g/mol. The second kappa shape index (κ2) is 9.62. The summed E-state index contributed by atoms with van der Waals surface area (Å²) in [5.41, 5.74) is 1.55. The number of carbonyl (C=O) groups is 2. The van der Waals surface area contributed by atoms with Gasteiger partial charge in [-0.25, -0.2) is 4.79 Å². The number of ether oxygens (including phenoxy) is 1. The molecule has 138 valence electrons. The molecule has 6 heteroatoms. The summed E-state index contributed by atoms with van der Waals surface area (Å²) < 4.78 is 4.94. The van der Waals surface area contributed by atoms with Crippen molar-refractivity contribution >= 4 is 11.9 Å². The van der Waals surface area contributed by atoms with E-state index in [9.17, 15) is 14.9 Å². The minimum Gasteiger partial charge on any atom is -0.462 e. The van der Waals surface area contributed by atoms with E-state index in [2.05, 4.69) is 12.2 Å². The smallest absolute Gasteiger partial charge is 0.338 e. The molecular weight excluding hydrogens is 330 g/mol. The third-order valence-corrected chi connectivity index (χ3v) is 4.44. The van der Waals surface area contributed by atoms with Gasteiger partial charge in [-0.3, -0.25) is 4.79 Å². The first kappa shape index (κ1) is 19.5. The van der Waals surface area contributed by atoms with Crippen molar-refractivity contribution < 1.29 is 14.3 Å². The van der Waals surface area contributed by atoms with Gasteiger partial charge in [0.2, 0.25) is 0 Å². The Hall–Kier alpha value is -2.81. The fraction of sp³-hybridized carbons (Fsp3) is 0.450. The van der Waals surface area contributed by atoms with Crippen molar-refractivity contribution in [1.29, 1.82) is 5.26 Å². The Kier molecular flexibility index (Phi) is 7.22. The van der Waals surface area contributed by atoms with Crippen LogP contribution in [-0.4, -0.2) is 36.5 Å². The predicted molar refractivity (Wildman–Crippen MR) is 97.9 cm³/mol. The number of amides is 1. The van der Waals surface area contributed by atoms with Gasteiger partial charge in [0.25, 0.3) is 5.91 Å². The van der Waals surface area contributed by atoms with Crippen LogP contribution in [0.5, 0.6) is 0 Å². The van der Waals surface area contributed by atoms with Crippen molar-refractivity contribution in [1.82, 2.24) is 10.2 Å². The molecule has 1 amide bonds. The molecule has 1 N–H and O–H groups in total. The average molecular weight is 355 g/mol. The number of hydrogen-bond donors (Lipinski definition) is 1. The maximum absolute atomic E-state index is 12.4. The number of likely N-dealkylation sites (tertiary alicyclic amines) is 1. The van der Waals surface area contributed by atoms with Crippen LogP contribution in [0.3, 0.4) is 0 Å². The van der Waals surface area contributed by atoms with Crippen LogP contribution in [-0.2, 0) is 16.1 Å². The van der Waals surface area contributed by atoms with Crippen LogP contribution in [0, 0.1) is 17.2 Å². The van der Waals surface area contributed by atoms with Gasteiger partial charge in [0.05, 0.1) is 12.2 Å². The number of hydrogen-bond acceptors (Lipinski definition) is 5. The Bertz CT molecular complexity index is 696. The zero-order chi connectivity index (χ0) is 18.9. The van der Waals surface area contributed by atoms with Crippen LogP contribution >= 0.6 is 0 Å². The summed E-state index contributed by atoms with van der Waals surface area (Å²) in [7, 11) is 0. The molecule has 0 bridgehead atoms. The van der Waals surface area contributed by atoms with E-state index < -0.39 is 0 Å². The van der Waals surface area contributed by atoms with E-state index in [1.807, 2.05) is 18.2 Å². The lowest BCUT2D eigenvalue weighted by Crippen LogP contribution is -2.38. The topological polar surface area (TPSA) is 82.4 Å². The summed E-state index contributed by atoms with van der Waals surface area (Å²) in [6.07, 6.45) is 3.43. The number of nitrogens with zero attached hydrogens (tertiary/aromatic N) is 2. The lowest BCUT2D eigenvalue weighted by molar-refractivity contribution is -0.128. The molecule has 1 saturated heterocycles. The van der Waals surface area contributed by atoms with Crippen LogP contribution in [0.15, 0.2) is 36.0 Å². The van der Waals surface area contributed by atoms with Gasteiger partial charge >= 0.3 is 5.97 Å². The molecule has 0 spiro atoms. The van der Waals surface area contributed by atoms with Gasteiger partial charge in [-0.15, -0.1) is 0 Å². The predicted octanol–water partition coefficient (Wildman–Crippen LogP) is 2.62. The standard InChI is InChI=1S/C20H25N3O3/c1-3-26-20(25)17-6-4-16(5-7-17)13-22-14-18(12-21)19(24)23-10-8-15(2)9-11-23/h4-7,14-15,22H,3,8-11,13H2,1-2H3/b18-14-. The summed E-state index contributed by atoms with van der Waals surface area (Å²) in [6, 6.07) is 9.00. The van der Waals surface area contributed by atoms with Crippen molar-refractivity contribution in [2.24, 2.45) is 5.92 Å². The molecule has 26 heavy (non-hydrogen) atoms. The van der Waals surface area contributed by atoms with Crippen molar-refractivity contribution in [2.45, 2.75) is 33.2 Å². The molecule has 1 fully saturated rings. The van der Waals surface area contributed by atoms with E-state index in [0.29, 0.717) is 37.7 Å². The summed E-state index contributed by atoms with van der Waals surface area (Å²) in [6.45, 7) is 6.15. The second-order valence-electron chi connectivity index (χ2n) is 6.44.